The summed E-state index contributed by atoms with van der Waals surface area (Å²) in [7, 11) is 0. The zero-order valence-corrected chi connectivity index (χ0v) is 15.3. The first-order valence-electron chi connectivity index (χ1n) is 8.59. The van der Waals surface area contributed by atoms with E-state index in [0.29, 0.717) is 30.2 Å². The summed E-state index contributed by atoms with van der Waals surface area (Å²) in [5.41, 5.74) is 1.56. The molecule has 138 valence electrons. The van der Waals surface area contributed by atoms with E-state index in [0.717, 1.165) is 24.8 Å². The summed E-state index contributed by atoms with van der Waals surface area (Å²) >= 11 is 5.82. The van der Waals surface area contributed by atoms with E-state index in [-0.39, 0.29) is 11.9 Å². The van der Waals surface area contributed by atoms with Crippen molar-refractivity contribution in [1.82, 2.24) is 20.9 Å². The Bertz CT molecular complexity index is 692. The number of carbonyl (C=O) groups is 2. The fourth-order valence-corrected chi connectivity index (χ4v) is 2.40. The second-order valence-electron chi connectivity index (χ2n) is 5.79. The van der Waals surface area contributed by atoms with Gasteiger partial charge in [0.05, 0.1) is 5.56 Å². The number of rotatable bonds is 9. The van der Waals surface area contributed by atoms with Crippen molar-refractivity contribution in [1.29, 1.82) is 0 Å². The molecule has 0 bridgehead atoms. The molecule has 1 aromatic carbocycles. The lowest BCUT2D eigenvalue weighted by Gasteiger charge is -2.08. The molecular formula is C19H23ClN4O2. The summed E-state index contributed by atoms with van der Waals surface area (Å²) in [6, 6.07) is 10.6. The van der Waals surface area contributed by atoms with Crippen molar-refractivity contribution < 1.29 is 9.59 Å². The number of aromatic nitrogens is 1. The number of carbonyl (C=O) groups excluding carboxylic acids is 2. The van der Waals surface area contributed by atoms with Gasteiger partial charge in [0.15, 0.2) is 0 Å². The molecule has 26 heavy (non-hydrogen) atoms. The van der Waals surface area contributed by atoms with E-state index in [4.69, 9.17) is 11.6 Å². The van der Waals surface area contributed by atoms with Gasteiger partial charge in [-0.05, 0) is 49.1 Å². The highest BCUT2D eigenvalue weighted by Gasteiger charge is 2.03. The van der Waals surface area contributed by atoms with E-state index in [9.17, 15) is 9.59 Å². The molecule has 0 aliphatic heterocycles. The van der Waals surface area contributed by atoms with Gasteiger partial charge >= 0.3 is 6.03 Å². The number of pyridine rings is 1. The van der Waals surface area contributed by atoms with Crippen LogP contribution in [-0.4, -0.2) is 30.0 Å². The number of amides is 3. The van der Waals surface area contributed by atoms with Crippen molar-refractivity contribution in [2.75, 3.05) is 13.1 Å². The smallest absolute Gasteiger partial charge is 0.315 e. The average Bonchev–Trinajstić information content (AvgIpc) is 2.67. The predicted octanol–water partition coefficient (Wildman–Crippen LogP) is 3.13. The van der Waals surface area contributed by atoms with Crippen LogP contribution in [0.3, 0.4) is 0 Å². The third-order valence-electron chi connectivity index (χ3n) is 3.71. The molecule has 0 saturated heterocycles. The molecule has 2 rings (SSSR count). The summed E-state index contributed by atoms with van der Waals surface area (Å²) in [6.45, 7) is 1.67. The predicted molar refractivity (Wildman–Crippen MR) is 102 cm³/mol. The molecule has 0 radical (unpaired) electrons. The molecule has 0 aliphatic carbocycles. The molecular weight excluding hydrogens is 352 g/mol. The summed E-state index contributed by atoms with van der Waals surface area (Å²) in [5, 5.41) is 9.14. The highest BCUT2D eigenvalue weighted by Crippen LogP contribution is 2.09. The number of hydrogen-bond donors (Lipinski definition) is 3. The number of halogens is 1. The lowest BCUT2D eigenvalue weighted by molar-refractivity contribution is 0.0952. The second-order valence-corrected chi connectivity index (χ2v) is 6.23. The minimum Gasteiger partial charge on any atom is -0.352 e. The lowest BCUT2D eigenvalue weighted by Crippen LogP contribution is -2.35. The Hall–Kier alpha value is -2.60. The first-order chi connectivity index (χ1) is 12.6. The van der Waals surface area contributed by atoms with E-state index in [1.807, 2.05) is 12.1 Å². The van der Waals surface area contributed by atoms with Gasteiger partial charge in [-0.25, -0.2) is 4.79 Å². The standard InChI is InChI=1S/C19H23ClN4O2/c20-17-8-6-15(7-9-17)13-24-19(26)23-12-3-1-2-11-22-18(25)16-5-4-10-21-14-16/h4-10,14H,1-3,11-13H2,(H,22,25)(H2,23,24,26). The minimum atomic E-state index is -0.190. The van der Waals surface area contributed by atoms with Crippen LogP contribution in [0.15, 0.2) is 48.8 Å². The normalized spacial score (nSPS) is 10.2. The van der Waals surface area contributed by atoms with Crippen LogP contribution in [0, 0.1) is 0 Å². The number of unbranched alkanes of at least 4 members (excludes halogenated alkanes) is 2. The Kier molecular flexibility index (Phi) is 8.42. The SMILES string of the molecule is O=C(NCCCCCNC(=O)c1cccnc1)NCc1ccc(Cl)cc1. The van der Waals surface area contributed by atoms with Crippen molar-refractivity contribution in [3.8, 4) is 0 Å². The van der Waals surface area contributed by atoms with Crippen molar-refractivity contribution >= 4 is 23.5 Å². The molecule has 7 heteroatoms. The Morgan fingerprint density at radius 1 is 0.923 bits per heavy atom. The van der Waals surface area contributed by atoms with E-state index in [1.165, 1.54) is 0 Å². The maximum atomic E-state index is 11.8. The molecule has 3 N–H and O–H groups in total. The average molecular weight is 375 g/mol. The molecule has 2 aromatic rings. The van der Waals surface area contributed by atoms with E-state index < -0.39 is 0 Å². The topological polar surface area (TPSA) is 83.1 Å². The second kappa shape index (κ2) is 11.1. The minimum absolute atomic E-state index is 0.113. The Balaban J connectivity index is 1.48. The highest BCUT2D eigenvalue weighted by molar-refractivity contribution is 6.30. The fourth-order valence-electron chi connectivity index (χ4n) is 2.28. The number of nitrogens with one attached hydrogen (secondary N) is 3. The Labute approximate surface area is 158 Å². The summed E-state index contributed by atoms with van der Waals surface area (Å²) in [4.78, 5) is 27.4. The van der Waals surface area contributed by atoms with E-state index in [1.54, 1.807) is 36.7 Å². The van der Waals surface area contributed by atoms with Gasteiger partial charge < -0.3 is 16.0 Å². The van der Waals surface area contributed by atoms with E-state index in [2.05, 4.69) is 20.9 Å². The monoisotopic (exact) mass is 374 g/mol. The van der Waals surface area contributed by atoms with E-state index >= 15 is 0 Å². The quantitative estimate of drug-likeness (QED) is 0.589. The Morgan fingerprint density at radius 2 is 1.65 bits per heavy atom. The van der Waals surface area contributed by atoms with Crippen LogP contribution in [-0.2, 0) is 6.54 Å². The van der Waals surface area contributed by atoms with Gasteiger partial charge in [0.2, 0.25) is 0 Å². The summed E-state index contributed by atoms with van der Waals surface area (Å²) in [5.74, 6) is -0.113. The third kappa shape index (κ3) is 7.53. The molecule has 0 spiro atoms. The van der Waals surface area contributed by atoms with Gasteiger partial charge in [-0.3, -0.25) is 9.78 Å². The van der Waals surface area contributed by atoms with Gasteiger partial charge in [-0.15, -0.1) is 0 Å². The summed E-state index contributed by atoms with van der Waals surface area (Å²) < 4.78 is 0. The maximum absolute atomic E-state index is 11.8. The number of hydrogen-bond acceptors (Lipinski definition) is 3. The molecule has 0 atom stereocenters. The first-order valence-corrected chi connectivity index (χ1v) is 8.97. The van der Waals surface area contributed by atoms with Gasteiger partial charge in [0.1, 0.15) is 0 Å². The maximum Gasteiger partial charge on any atom is 0.315 e. The van der Waals surface area contributed by atoms with Gasteiger partial charge in [-0.1, -0.05) is 23.7 Å². The van der Waals surface area contributed by atoms with Gasteiger partial charge in [0.25, 0.3) is 5.91 Å². The molecule has 0 unspecified atom stereocenters. The molecule has 1 aromatic heterocycles. The Morgan fingerprint density at radius 3 is 2.35 bits per heavy atom. The zero-order chi connectivity index (χ0) is 18.6. The molecule has 0 saturated carbocycles. The molecule has 3 amide bonds. The first kappa shape index (κ1) is 19.7. The molecule has 6 nitrogen and oxygen atoms in total. The van der Waals surface area contributed by atoms with Crippen LogP contribution < -0.4 is 16.0 Å². The number of nitrogens with zero attached hydrogens (tertiary/aromatic N) is 1. The van der Waals surface area contributed by atoms with Crippen LogP contribution in [0.25, 0.3) is 0 Å². The molecule has 0 aliphatic rings. The van der Waals surface area contributed by atoms with Crippen molar-refractivity contribution in [2.24, 2.45) is 0 Å². The third-order valence-corrected chi connectivity index (χ3v) is 3.97. The van der Waals surface area contributed by atoms with Crippen LogP contribution in [0.2, 0.25) is 5.02 Å². The number of benzene rings is 1. The van der Waals surface area contributed by atoms with Crippen molar-refractivity contribution in [3.05, 3.63) is 64.9 Å². The zero-order valence-electron chi connectivity index (χ0n) is 14.5. The highest BCUT2D eigenvalue weighted by atomic mass is 35.5. The lowest BCUT2D eigenvalue weighted by atomic mass is 10.2. The van der Waals surface area contributed by atoms with Crippen molar-refractivity contribution in [3.63, 3.8) is 0 Å². The summed E-state index contributed by atoms with van der Waals surface area (Å²) in [6.07, 6.45) is 5.82. The van der Waals surface area contributed by atoms with Crippen LogP contribution >= 0.6 is 11.6 Å². The fraction of sp³-hybridized carbons (Fsp3) is 0.316. The van der Waals surface area contributed by atoms with Crippen LogP contribution in [0.5, 0.6) is 0 Å². The molecule has 0 fully saturated rings. The largest absolute Gasteiger partial charge is 0.352 e. The van der Waals surface area contributed by atoms with Gasteiger partial charge in [0, 0.05) is 37.1 Å². The van der Waals surface area contributed by atoms with Crippen molar-refractivity contribution in [2.45, 2.75) is 25.8 Å². The number of urea groups is 1. The van der Waals surface area contributed by atoms with Crippen LogP contribution in [0.1, 0.15) is 35.2 Å². The van der Waals surface area contributed by atoms with Crippen LogP contribution in [0.4, 0.5) is 4.79 Å². The molecule has 1 heterocycles. The van der Waals surface area contributed by atoms with Gasteiger partial charge in [-0.2, -0.15) is 0 Å².